The zero-order valence-electron chi connectivity index (χ0n) is 13.6. The number of piperazine rings is 1. The number of hydrogen-bond acceptors (Lipinski definition) is 3. The highest BCUT2D eigenvalue weighted by molar-refractivity contribution is 5.94. The van der Waals surface area contributed by atoms with Gasteiger partial charge in [-0.2, -0.15) is 0 Å². The highest BCUT2D eigenvalue weighted by Crippen LogP contribution is 2.19. The molecular formula is C18H20Cl2N4O. The van der Waals surface area contributed by atoms with Gasteiger partial charge in [-0.15, -0.1) is 24.8 Å². The van der Waals surface area contributed by atoms with Gasteiger partial charge in [0.2, 0.25) is 0 Å². The molecule has 0 bridgehead atoms. The van der Waals surface area contributed by atoms with Crippen molar-refractivity contribution in [3.8, 4) is 11.3 Å². The van der Waals surface area contributed by atoms with E-state index in [0.29, 0.717) is 5.56 Å². The van der Waals surface area contributed by atoms with Gasteiger partial charge in [0.25, 0.3) is 5.91 Å². The van der Waals surface area contributed by atoms with E-state index in [4.69, 9.17) is 0 Å². The second kappa shape index (κ2) is 8.34. The molecule has 0 aliphatic carbocycles. The Balaban J connectivity index is 0.00000113. The molecular weight excluding hydrogens is 359 g/mol. The van der Waals surface area contributed by atoms with Crippen molar-refractivity contribution in [2.45, 2.75) is 0 Å². The first-order valence-electron chi connectivity index (χ1n) is 7.85. The third-order valence-electron chi connectivity index (χ3n) is 4.17. The maximum Gasteiger partial charge on any atom is 0.255 e. The van der Waals surface area contributed by atoms with Crippen molar-refractivity contribution in [3.05, 3.63) is 60.4 Å². The lowest BCUT2D eigenvalue weighted by Gasteiger charge is -2.27. The summed E-state index contributed by atoms with van der Waals surface area (Å²) in [7, 11) is 0. The standard InChI is InChI=1S/C18H18N4O.2ClH/c23-18(21-10-8-19-9-11-21)15-6-7-17-20-16(13-22(17)12-15)14-4-2-1-3-5-14;;/h1-7,12-13,19H,8-11H2;2*1H. The summed E-state index contributed by atoms with van der Waals surface area (Å²) in [6.07, 6.45) is 3.85. The van der Waals surface area contributed by atoms with E-state index in [9.17, 15) is 4.79 Å². The van der Waals surface area contributed by atoms with Crippen LogP contribution in [-0.4, -0.2) is 46.4 Å². The molecule has 25 heavy (non-hydrogen) atoms. The molecule has 0 atom stereocenters. The SMILES string of the molecule is Cl.Cl.O=C(c1ccc2nc(-c3ccccc3)cn2c1)N1CCNCC1. The van der Waals surface area contributed by atoms with Crippen molar-refractivity contribution < 1.29 is 4.79 Å². The number of rotatable bonds is 2. The van der Waals surface area contributed by atoms with Crippen LogP contribution in [0.2, 0.25) is 0 Å². The predicted octanol–water partition coefficient (Wildman–Crippen LogP) is 2.89. The van der Waals surface area contributed by atoms with E-state index in [1.807, 2.05) is 64.2 Å². The van der Waals surface area contributed by atoms with Crippen molar-refractivity contribution in [3.63, 3.8) is 0 Å². The lowest BCUT2D eigenvalue weighted by molar-refractivity contribution is 0.0735. The maximum atomic E-state index is 12.6. The van der Waals surface area contributed by atoms with Crippen molar-refractivity contribution in [1.29, 1.82) is 0 Å². The molecule has 1 aliphatic rings. The Kier molecular flexibility index (Phi) is 6.42. The summed E-state index contributed by atoms with van der Waals surface area (Å²) < 4.78 is 1.93. The van der Waals surface area contributed by atoms with E-state index >= 15 is 0 Å². The molecule has 1 N–H and O–H groups in total. The Morgan fingerprint density at radius 1 is 0.960 bits per heavy atom. The molecule has 132 valence electrons. The number of pyridine rings is 1. The van der Waals surface area contributed by atoms with Crippen molar-refractivity contribution >= 4 is 36.4 Å². The first kappa shape index (κ1) is 19.2. The summed E-state index contributed by atoms with van der Waals surface area (Å²) in [4.78, 5) is 19.1. The Morgan fingerprint density at radius 2 is 1.68 bits per heavy atom. The number of nitrogens with zero attached hydrogens (tertiary/aromatic N) is 3. The van der Waals surface area contributed by atoms with Gasteiger partial charge < -0.3 is 14.6 Å². The Morgan fingerprint density at radius 3 is 2.40 bits per heavy atom. The maximum absolute atomic E-state index is 12.6. The minimum absolute atomic E-state index is 0. The fraction of sp³-hybridized carbons (Fsp3) is 0.222. The van der Waals surface area contributed by atoms with Crippen LogP contribution in [0.4, 0.5) is 0 Å². The van der Waals surface area contributed by atoms with Gasteiger partial charge in [-0.1, -0.05) is 30.3 Å². The summed E-state index contributed by atoms with van der Waals surface area (Å²) in [6.45, 7) is 3.24. The fourth-order valence-corrected chi connectivity index (χ4v) is 2.92. The molecule has 2 aromatic heterocycles. The molecule has 7 heteroatoms. The zero-order valence-corrected chi connectivity index (χ0v) is 15.2. The van der Waals surface area contributed by atoms with E-state index in [-0.39, 0.29) is 30.7 Å². The molecule has 1 aliphatic heterocycles. The average Bonchev–Trinajstić information content (AvgIpc) is 3.06. The highest BCUT2D eigenvalue weighted by atomic mass is 35.5. The van der Waals surface area contributed by atoms with Crippen LogP contribution in [0, 0.1) is 0 Å². The van der Waals surface area contributed by atoms with E-state index < -0.39 is 0 Å². The number of imidazole rings is 1. The molecule has 0 saturated carbocycles. The topological polar surface area (TPSA) is 49.6 Å². The summed E-state index contributed by atoms with van der Waals surface area (Å²) in [6, 6.07) is 13.8. The number of carbonyl (C=O) groups is 1. The third kappa shape index (κ3) is 3.95. The van der Waals surface area contributed by atoms with Gasteiger partial charge in [0.15, 0.2) is 0 Å². The molecule has 3 heterocycles. The average molecular weight is 379 g/mol. The highest BCUT2D eigenvalue weighted by Gasteiger charge is 2.18. The van der Waals surface area contributed by atoms with Crippen molar-refractivity contribution in [1.82, 2.24) is 19.6 Å². The first-order valence-corrected chi connectivity index (χ1v) is 7.85. The normalized spacial score (nSPS) is 13.8. The van der Waals surface area contributed by atoms with Gasteiger partial charge in [0, 0.05) is 44.1 Å². The molecule has 1 amide bonds. The molecule has 0 radical (unpaired) electrons. The number of halogens is 2. The minimum atomic E-state index is 0. The van der Waals surface area contributed by atoms with Gasteiger partial charge in [0.05, 0.1) is 11.3 Å². The van der Waals surface area contributed by atoms with Crippen molar-refractivity contribution in [2.24, 2.45) is 0 Å². The number of amides is 1. The number of carbonyl (C=O) groups excluding carboxylic acids is 1. The summed E-state index contributed by atoms with van der Waals surface area (Å²) in [5.41, 5.74) is 3.54. The van der Waals surface area contributed by atoms with Crippen LogP contribution in [0.5, 0.6) is 0 Å². The molecule has 1 saturated heterocycles. The van der Waals surface area contributed by atoms with Crippen molar-refractivity contribution in [2.75, 3.05) is 26.2 Å². The second-order valence-corrected chi connectivity index (χ2v) is 5.72. The van der Waals surface area contributed by atoms with Crippen LogP contribution in [0.25, 0.3) is 16.9 Å². The molecule has 1 fully saturated rings. The Bertz CT molecular complexity index is 845. The largest absolute Gasteiger partial charge is 0.336 e. The molecule has 4 rings (SSSR count). The number of fused-ring (bicyclic) bond motifs is 1. The van der Waals surface area contributed by atoms with Gasteiger partial charge >= 0.3 is 0 Å². The Hall–Kier alpha value is -2.08. The predicted molar refractivity (Wildman–Crippen MR) is 104 cm³/mol. The van der Waals surface area contributed by atoms with Crippen LogP contribution in [-0.2, 0) is 0 Å². The van der Waals surface area contributed by atoms with E-state index in [1.165, 1.54) is 0 Å². The van der Waals surface area contributed by atoms with E-state index in [2.05, 4.69) is 10.3 Å². The minimum Gasteiger partial charge on any atom is -0.336 e. The second-order valence-electron chi connectivity index (χ2n) is 5.72. The van der Waals surface area contributed by atoms with Crippen LogP contribution in [0.15, 0.2) is 54.9 Å². The van der Waals surface area contributed by atoms with Gasteiger partial charge in [-0.05, 0) is 12.1 Å². The number of benzene rings is 1. The summed E-state index contributed by atoms with van der Waals surface area (Å²) in [5.74, 6) is 0.0864. The lowest BCUT2D eigenvalue weighted by atomic mass is 10.2. The quantitative estimate of drug-likeness (QED) is 0.745. The lowest BCUT2D eigenvalue weighted by Crippen LogP contribution is -2.46. The summed E-state index contributed by atoms with van der Waals surface area (Å²) in [5, 5.41) is 3.26. The van der Waals surface area contributed by atoms with E-state index in [1.54, 1.807) is 0 Å². The van der Waals surface area contributed by atoms with Crippen LogP contribution >= 0.6 is 24.8 Å². The van der Waals surface area contributed by atoms with Gasteiger partial charge in [-0.25, -0.2) is 4.98 Å². The zero-order chi connectivity index (χ0) is 15.6. The molecule has 0 unspecified atom stereocenters. The van der Waals surface area contributed by atoms with Gasteiger partial charge in [0.1, 0.15) is 5.65 Å². The number of aromatic nitrogens is 2. The third-order valence-corrected chi connectivity index (χ3v) is 4.17. The monoisotopic (exact) mass is 378 g/mol. The van der Waals surface area contributed by atoms with E-state index in [0.717, 1.165) is 43.1 Å². The molecule has 5 nitrogen and oxygen atoms in total. The van der Waals surface area contributed by atoms with Crippen LogP contribution < -0.4 is 5.32 Å². The summed E-state index contributed by atoms with van der Waals surface area (Å²) >= 11 is 0. The number of hydrogen-bond donors (Lipinski definition) is 1. The Labute approximate surface area is 158 Å². The molecule has 0 spiro atoms. The van der Waals surface area contributed by atoms with Crippen LogP contribution in [0.1, 0.15) is 10.4 Å². The molecule has 3 aromatic rings. The smallest absolute Gasteiger partial charge is 0.255 e. The fourth-order valence-electron chi connectivity index (χ4n) is 2.92. The first-order chi connectivity index (χ1) is 11.3. The van der Waals surface area contributed by atoms with Gasteiger partial charge in [-0.3, -0.25) is 4.79 Å². The van der Waals surface area contributed by atoms with Crippen LogP contribution in [0.3, 0.4) is 0 Å². The number of nitrogens with one attached hydrogen (secondary N) is 1. The molecule has 1 aromatic carbocycles.